The number of carbonyl (C=O) groups excluding carboxylic acids is 1. The van der Waals surface area contributed by atoms with Gasteiger partial charge in [-0.2, -0.15) is 4.57 Å². The number of halogens is 1. The molecule has 1 aliphatic rings. The zero-order chi connectivity index (χ0) is 15.5. The van der Waals surface area contributed by atoms with Gasteiger partial charge >= 0.3 is 0 Å². The van der Waals surface area contributed by atoms with Gasteiger partial charge in [0.05, 0.1) is 0 Å². The summed E-state index contributed by atoms with van der Waals surface area (Å²) in [5.74, 6) is -0.0410. The van der Waals surface area contributed by atoms with Crippen LogP contribution in [0.2, 0.25) is 5.02 Å². The standard InChI is InChI=1S/C18H19ClN2O/c1-13-6-7-16(10-17(13)19)20-18(22)12-21-9-8-14-4-2-3-5-15(14)11-21/h6-11H,2-5,12H2,1H3/p+1. The summed E-state index contributed by atoms with van der Waals surface area (Å²) >= 11 is 6.08. The fourth-order valence-electron chi connectivity index (χ4n) is 2.85. The number of benzene rings is 1. The van der Waals surface area contributed by atoms with E-state index in [4.69, 9.17) is 11.6 Å². The number of nitrogens with one attached hydrogen (secondary N) is 1. The molecule has 0 bridgehead atoms. The average molecular weight is 316 g/mol. The maximum absolute atomic E-state index is 12.2. The van der Waals surface area contributed by atoms with Gasteiger partial charge in [-0.3, -0.25) is 4.79 Å². The van der Waals surface area contributed by atoms with Crippen LogP contribution in [0.1, 0.15) is 29.5 Å². The second-order valence-corrected chi connectivity index (χ2v) is 6.29. The minimum absolute atomic E-state index is 0.0410. The highest BCUT2D eigenvalue weighted by atomic mass is 35.5. The third-order valence-corrected chi connectivity index (χ3v) is 4.53. The molecule has 0 saturated carbocycles. The highest BCUT2D eigenvalue weighted by molar-refractivity contribution is 6.31. The van der Waals surface area contributed by atoms with Crippen molar-refractivity contribution < 1.29 is 9.36 Å². The van der Waals surface area contributed by atoms with Crippen LogP contribution in [-0.4, -0.2) is 5.91 Å². The number of hydrogen-bond donors (Lipinski definition) is 1. The monoisotopic (exact) mass is 315 g/mol. The summed E-state index contributed by atoms with van der Waals surface area (Å²) in [5.41, 5.74) is 4.54. The van der Waals surface area contributed by atoms with Crippen LogP contribution in [0.15, 0.2) is 36.7 Å². The molecule has 0 atom stereocenters. The van der Waals surface area contributed by atoms with Crippen molar-refractivity contribution in [3.05, 3.63) is 58.4 Å². The van der Waals surface area contributed by atoms with Gasteiger partial charge in [0.2, 0.25) is 6.54 Å². The van der Waals surface area contributed by atoms with Crippen LogP contribution in [0.25, 0.3) is 0 Å². The van der Waals surface area contributed by atoms with Crippen molar-refractivity contribution in [2.45, 2.75) is 39.2 Å². The normalized spacial score (nSPS) is 13.5. The van der Waals surface area contributed by atoms with Gasteiger partial charge in [0, 0.05) is 22.3 Å². The van der Waals surface area contributed by atoms with Crippen molar-refractivity contribution in [3.8, 4) is 0 Å². The Labute approximate surface area is 135 Å². The quantitative estimate of drug-likeness (QED) is 0.865. The smallest absolute Gasteiger partial charge is 0.290 e. The molecule has 1 aliphatic carbocycles. The van der Waals surface area contributed by atoms with Crippen LogP contribution in [0.3, 0.4) is 0 Å². The fourth-order valence-corrected chi connectivity index (χ4v) is 3.03. The molecule has 1 amide bonds. The van der Waals surface area contributed by atoms with Crippen LogP contribution in [0.4, 0.5) is 5.69 Å². The number of aryl methyl sites for hydroxylation is 3. The van der Waals surface area contributed by atoms with Gasteiger partial charge in [0.25, 0.3) is 5.91 Å². The molecule has 114 valence electrons. The van der Waals surface area contributed by atoms with Crippen molar-refractivity contribution in [1.82, 2.24) is 0 Å². The first-order chi connectivity index (χ1) is 10.6. The van der Waals surface area contributed by atoms with Crippen LogP contribution in [0, 0.1) is 6.92 Å². The minimum atomic E-state index is -0.0410. The molecule has 1 aromatic carbocycles. The van der Waals surface area contributed by atoms with Gasteiger partial charge in [-0.25, -0.2) is 0 Å². The first-order valence-corrected chi connectivity index (χ1v) is 8.06. The lowest BCUT2D eigenvalue weighted by Crippen LogP contribution is -2.40. The molecule has 2 aromatic rings. The van der Waals surface area contributed by atoms with Crippen molar-refractivity contribution in [2.24, 2.45) is 0 Å². The van der Waals surface area contributed by atoms with Gasteiger partial charge in [-0.05, 0) is 55.9 Å². The van der Waals surface area contributed by atoms with E-state index in [1.807, 2.05) is 29.8 Å². The lowest BCUT2D eigenvalue weighted by molar-refractivity contribution is -0.684. The van der Waals surface area contributed by atoms with Crippen molar-refractivity contribution in [2.75, 3.05) is 5.32 Å². The molecule has 0 spiro atoms. The first kappa shape index (κ1) is 15.0. The van der Waals surface area contributed by atoms with E-state index in [2.05, 4.69) is 17.6 Å². The third-order valence-electron chi connectivity index (χ3n) is 4.13. The molecule has 0 aliphatic heterocycles. The number of fused-ring (bicyclic) bond motifs is 1. The van der Waals surface area contributed by atoms with E-state index >= 15 is 0 Å². The molecule has 0 radical (unpaired) electrons. The number of aromatic nitrogens is 1. The lowest BCUT2D eigenvalue weighted by Gasteiger charge is -2.13. The molecule has 3 rings (SSSR count). The third kappa shape index (κ3) is 3.47. The molecule has 0 fully saturated rings. The SMILES string of the molecule is Cc1ccc(NC(=O)C[n+]2ccc3c(c2)CCCC3)cc1Cl. The molecule has 0 saturated heterocycles. The molecular weight excluding hydrogens is 296 g/mol. The highest BCUT2D eigenvalue weighted by Gasteiger charge is 2.16. The van der Waals surface area contributed by atoms with Crippen LogP contribution >= 0.6 is 11.6 Å². The Balaban J connectivity index is 1.67. The van der Waals surface area contributed by atoms with E-state index in [1.54, 1.807) is 6.07 Å². The summed E-state index contributed by atoms with van der Waals surface area (Å²) in [6.45, 7) is 2.26. The van der Waals surface area contributed by atoms with E-state index in [-0.39, 0.29) is 5.91 Å². The van der Waals surface area contributed by atoms with Crippen LogP contribution in [0.5, 0.6) is 0 Å². The number of hydrogen-bond acceptors (Lipinski definition) is 1. The molecule has 3 nitrogen and oxygen atoms in total. The molecular formula is C18H20ClN2O+. The van der Waals surface area contributed by atoms with Crippen LogP contribution < -0.4 is 9.88 Å². The summed E-state index contributed by atoms with van der Waals surface area (Å²) < 4.78 is 1.95. The predicted molar refractivity (Wildman–Crippen MR) is 88.1 cm³/mol. The lowest BCUT2D eigenvalue weighted by atomic mass is 9.93. The second-order valence-electron chi connectivity index (χ2n) is 5.89. The summed E-state index contributed by atoms with van der Waals surface area (Å²) in [6, 6.07) is 7.71. The second kappa shape index (κ2) is 6.49. The number of nitrogens with zero attached hydrogens (tertiary/aromatic N) is 1. The number of anilines is 1. The Morgan fingerprint density at radius 2 is 2.00 bits per heavy atom. The van der Waals surface area contributed by atoms with Gasteiger partial charge in [-0.1, -0.05) is 17.7 Å². The number of amides is 1. The number of pyridine rings is 1. The Kier molecular flexibility index (Phi) is 4.44. The summed E-state index contributed by atoms with van der Waals surface area (Å²) in [7, 11) is 0. The maximum atomic E-state index is 12.2. The Morgan fingerprint density at radius 3 is 2.77 bits per heavy atom. The Bertz CT molecular complexity index is 712. The van der Waals surface area contributed by atoms with Crippen molar-refractivity contribution in [3.63, 3.8) is 0 Å². The van der Waals surface area contributed by atoms with Gasteiger partial charge in [0.15, 0.2) is 12.4 Å². The zero-order valence-corrected chi connectivity index (χ0v) is 13.5. The molecule has 0 unspecified atom stereocenters. The topological polar surface area (TPSA) is 33.0 Å². The van der Waals surface area contributed by atoms with E-state index in [0.717, 1.165) is 24.1 Å². The van der Waals surface area contributed by atoms with Crippen molar-refractivity contribution in [1.29, 1.82) is 0 Å². The van der Waals surface area contributed by atoms with Gasteiger partial charge < -0.3 is 5.32 Å². The highest BCUT2D eigenvalue weighted by Crippen LogP contribution is 2.20. The molecule has 4 heteroatoms. The molecule has 1 N–H and O–H groups in total. The summed E-state index contributed by atoms with van der Waals surface area (Å²) in [5, 5.41) is 3.56. The first-order valence-electron chi connectivity index (χ1n) is 7.69. The van der Waals surface area contributed by atoms with E-state index in [1.165, 1.54) is 24.0 Å². The largest absolute Gasteiger partial charge is 0.321 e. The van der Waals surface area contributed by atoms with E-state index in [0.29, 0.717) is 11.6 Å². The van der Waals surface area contributed by atoms with E-state index < -0.39 is 0 Å². The number of carbonyl (C=O) groups is 1. The van der Waals surface area contributed by atoms with Gasteiger partial charge in [0.1, 0.15) is 0 Å². The summed E-state index contributed by atoms with van der Waals surface area (Å²) in [6.07, 6.45) is 8.88. The number of rotatable bonds is 3. The molecule has 1 heterocycles. The Hall–Kier alpha value is -1.87. The Morgan fingerprint density at radius 1 is 1.23 bits per heavy atom. The average Bonchev–Trinajstić information content (AvgIpc) is 2.51. The molecule has 1 aromatic heterocycles. The minimum Gasteiger partial charge on any atom is -0.321 e. The fraction of sp³-hybridized carbons (Fsp3) is 0.333. The van der Waals surface area contributed by atoms with Gasteiger partial charge in [-0.15, -0.1) is 0 Å². The van der Waals surface area contributed by atoms with E-state index in [9.17, 15) is 4.79 Å². The molecule has 22 heavy (non-hydrogen) atoms. The zero-order valence-electron chi connectivity index (χ0n) is 12.7. The van der Waals surface area contributed by atoms with Crippen molar-refractivity contribution >= 4 is 23.2 Å². The predicted octanol–water partition coefficient (Wildman–Crippen LogP) is 3.45. The van der Waals surface area contributed by atoms with Crippen LogP contribution in [-0.2, 0) is 24.2 Å². The maximum Gasteiger partial charge on any atom is 0.290 e. The summed E-state index contributed by atoms with van der Waals surface area (Å²) in [4.78, 5) is 12.2.